The zero-order chi connectivity index (χ0) is 9.61. The van der Waals surface area contributed by atoms with E-state index in [1.807, 2.05) is 6.08 Å². The number of ketones is 1. The molecule has 12 heavy (non-hydrogen) atoms. The maximum Gasteiger partial charge on any atom is 0.155 e. The maximum absolute atomic E-state index is 11.2. The van der Waals surface area contributed by atoms with E-state index in [1.54, 1.807) is 6.08 Å². The summed E-state index contributed by atoms with van der Waals surface area (Å²) in [4.78, 5) is 11.2. The van der Waals surface area contributed by atoms with Gasteiger partial charge in [0, 0.05) is 6.42 Å². The van der Waals surface area contributed by atoms with Gasteiger partial charge in [0.2, 0.25) is 0 Å². The topological polar surface area (TPSA) is 17.1 Å². The number of hydrogen-bond donors (Lipinski definition) is 0. The predicted octanol–water partition coefficient (Wildman–Crippen LogP) is 3.35. The van der Waals surface area contributed by atoms with Crippen molar-refractivity contribution in [2.75, 3.05) is 0 Å². The van der Waals surface area contributed by atoms with Gasteiger partial charge in [0.05, 0.1) is 0 Å². The van der Waals surface area contributed by atoms with Crippen LogP contribution in [0.3, 0.4) is 0 Å². The molecule has 0 aliphatic heterocycles. The second-order valence-corrected chi connectivity index (χ2v) is 4.27. The molecule has 0 spiro atoms. The third kappa shape index (κ3) is 7.52. The second kappa shape index (κ2) is 5.13. The lowest BCUT2D eigenvalue weighted by atomic mass is 9.95. The smallest absolute Gasteiger partial charge is 0.155 e. The summed E-state index contributed by atoms with van der Waals surface area (Å²) >= 11 is 0. The molecule has 0 bridgehead atoms. The van der Waals surface area contributed by atoms with Crippen LogP contribution in [0.4, 0.5) is 0 Å². The normalized spacial score (nSPS) is 12.3. The van der Waals surface area contributed by atoms with Gasteiger partial charge in [0.1, 0.15) is 0 Å². The van der Waals surface area contributed by atoms with Crippen molar-refractivity contribution in [3.8, 4) is 0 Å². The van der Waals surface area contributed by atoms with Gasteiger partial charge in [0.25, 0.3) is 0 Å². The monoisotopic (exact) mass is 168 g/mol. The fourth-order valence-electron chi connectivity index (χ4n) is 0.777. The van der Waals surface area contributed by atoms with Crippen LogP contribution < -0.4 is 0 Å². The van der Waals surface area contributed by atoms with E-state index >= 15 is 0 Å². The molecule has 0 rings (SSSR count). The summed E-state index contributed by atoms with van der Waals surface area (Å²) in [7, 11) is 0. The standard InChI is InChI=1S/C11H20O/c1-5-6-7-10(12)8-9-11(2,3)4/h8-9H,5-7H2,1-4H3/b9-8+. The number of unbranched alkanes of at least 4 members (excludes halogenated alkanes) is 1. The first-order chi connectivity index (χ1) is 5.45. The molecule has 1 nitrogen and oxygen atoms in total. The highest BCUT2D eigenvalue weighted by molar-refractivity contribution is 5.89. The lowest BCUT2D eigenvalue weighted by molar-refractivity contribution is -0.114. The summed E-state index contributed by atoms with van der Waals surface area (Å²) in [5.74, 6) is 0.256. The Morgan fingerprint density at radius 3 is 2.33 bits per heavy atom. The van der Waals surface area contributed by atoms with E-state index in [9.17, 15) is 4.79 Å². The first-order valence-corrected chi connectivity index (χ1v) is 4.68. The molecule has 1 heteroatoms. The Morgan fingerprint density at radius 2 is 1.92 bits per heavy atom. The van der Waals surface area contributed by atoms with Crippen molar-refractivity contribution >= 4 is 5.78 Å². The van der Waals surface area contributed by atoms with Crippen molar-refractivity contribution in [1.82, 2.24) is 0 Å². The lowest BCUT2D eigenvalue weighted by Crippen LogP contribution is -2.01. The summed E-state index contributed by atoms with van der Waals surface area (Å²) in [5.41, 5.74) is 0.127. The Hall–Kier alpha value is -0.590. The van der Waals surface area contributed by atoms with Crippen LogP contribution in [0.25, 0.3) is 0 Å². The summed E-state index contributed by atoms with van der Waals surface area (Å²) in [6.45, 7) is 8.38. The third-order valence-electron chi connectivity index (χ3n) is 1.55. The van der Waals surface area contributed by atoms with Gasteiger partial charge >= 0.3 is 0 Å². The Balaban J connectivity index is 3.76. The molecule has 0 saturated heterocycles. The summed E-state index contributed by atoms with van der Waals surface area (Å²) < 4.78 is 0. The van der Waals surface area contributed by atoms with E-state index in [0.717, 1.165) is 12.8 Å². The van der Waals surface area contributed by atoms with E-state index < -0.39 is 0 Å². The van der Waals surface area contributed by atoms with Crippen molar-refractivity contribution < 1.29 is 4.79 Å². The van der Waals surface area contributed by atoms with Crippen LogP contribution in [-0.2, 0) is 4.79 Å². The Labute approximate surface area is 75.9 Å². The first-order valence-electron chi connectivity index (χ1n) is 4.68. The molecular weight excluding hydrogens is 148 g/mol. The van der Waals surface area contributed by atoms with Gasteiger partial charge in [-0.25, -0.2) is 0 Å². The average Bonchev–Trinajstić information content (AvgIpc) is 1.95. The van der Waals surface area contributed by atoms with Gasteiger partial charge < -0.3 is 0 Å². The highest BCUT2D eigenvalue weighted by Gasteiger charge is 2.04. The molecular formula is C11H20O. The molecule has 0 amide bonds. The molecule has 0 unspecified atom stereocenters. The molecule has 0 atom stereocenters. The largest absolute Gasteiger partial charge is 0.295 e. The van der Waals surface area contributed by atoms with Crippen molar-refractivity contribution in [3.05, 3.63) is 12.2 Å². The fraction of sp³-hybridized carbons (Fsp3) is 0.727. The maximum atomic E-state index is 11.2. The van der Waals surface area contributed by atoms with Crippen molar-refractivity contribution in [3.63, 3.8) is 0 Å². The summed E-state index contributed by atoms with van der Waals surface area (Å²) in [6, 6.07) is 0. The van der Waals surface area contributed by atoms with Crippen molar-refractivity contribution in [2.45, 2.75) is 47.0 Å². The van der Waals surface area contributed by atoms with Gasteiger partial charge in [-0.15, -0.1) is 0 Å². The molecule has 0 aliphatic carbocycles. The number of hydrogen-bond acceptors (Lipinski definition) is 1. The number of carbonyl (C=O) groups excluding carboxylic acids is 1. The molecule has 70 valence electrons. The fourth-order valence-corrected chi connectivity index (χ4v) is 0.777. The molecule has 0 fully saturated rings. The third-order valence-corrected chi connectivity index (χ3v) is 1.55. The highest BCUT2D eigenvalue weighted by atomic mass is 16.1. The van der Waals surface area contributed by atoms with Crippen LogP contribution in [0, 0.1) is 5.41 Å². The molecule has 0 heterocycles. The SMILES string of the molecule is CCCCC(=O)/C=C/C(C)(C)C. The van der Waals surface area contributed by atoms with Crippen LogP contribution in [0.15, 0.2) is 12.2 Å². The number of allylic oxidation sites excluding steroid dienone is 2. The Morgan fingerprint density at radius 1 is 1.33 bits per heavy atom. The van der Waals surface area contributed by atoms with Crippen LogP contribution >= 0.6 is 0 Å². The minimum atomic E-state index is 0.127. The van der Waals surface area contributed by atoms with E-state index in [1.165, 1.54) is 0 Å². The van der Waals surface area contributed by atoms with Gasteiger partial charge in [-0.1, -0.05) is 40.2 Å². The Bertz CT molecular complexity index is 160. The van der Waals surface area contributed by atoms with Gasteiger partial charge in [-0.3, -0.25) is 4.79 Å². The highest BCUT2D eigenvalue weighted by Crippen LogP contribution is 2.14. The molecule has 0 aromatic heterocycles. The Kier molecular flexibility index (Phi) is 4.87. The predicted molar refractivity (Wildman–Crippen MR) is 53.1 cm³/mol. The van der Waals surface area contributed by atoms with E-state index in [-0.39, 0.29) is 11.2 Å². The average molecular weight is 168 g/mol. The minimum absolute atomic E-state index is 0.127. The van der Waals surface area contributed by atoms with Crippen molar-refractivity contribution in [2.24, 2.45) is 5.41 Å². The quantitative estimate of drug-likeness (QED) is 0.588. The van der Waals surface area contributed by atoms with Crippen molar-refractivity contribution in [1.29, 1.82) is 0 Å². The van der Waals surface area contributed by atoms with Gasteiger partial charge in [-0.05, 0) is 17.9 Å². The van der Waals surface area contributed by atoms with Crippen LogP contribution in [-0.4, -0.2) is 5.78 Å². The minimum Gasteiger partial charge on any atom is -0.295 e. The molecule has 0 N–H and O–H groups in total. The van der Waals surface area contributed by atoms with E-state index in [0.29, 0.717) is 6.42 Å². The number of carbonyl (C=O) groups is 1. The zero-order valence-electron chi connectivity index (χ0n) is 8.68. The number of rotatable bonds is 4. The molecule has 0 aromatic rings. The second-order valence-electron chi connectivity index (χ2n) is 4.27. The molecule has 0 radical (unpaired) electrons. The van der Waals surface area contributed by atoms with E-state index in [4.69, 9.17) is 0 Å². The first kappa shape index (κ1) is 11.4. The molecule has 0 aliphatic rings. The van der Waals surface area contributed by atoms with Crippen LogP contribution in [0.5, 0.6) is 0 Å². The summed E-state index contributed by atoms with van der Waals surface area (Å²) in [5, 5.41) is 0. The van der Waals surface area contributed by atoms with Gasteiger partial charge in [-0.2, -0.15) is 0 Å². The van der Waals surface area contributed by atoms with Crippen LogP contribution in [0.1, 0.15) is 47.0 Å². The van der Waals surface area contributed by atoms with E-state index in [2.05, 4.69) is 27.7 Å². The molecule has 0 aromatic carbocycles. The summed E-state index contributed by atoms with van der Waals surface area (Å²) in [6.07, 6.45) is 6.49. The lowest BCUT2D eigenvalue weighted by Gasteiger charge is -2.10. The molecule has 0 saturated carbocycles. The van der Waals surface area contributed by atoms with Gasteiger partial charge in [0.15, 0.2) is 5.78 Å². The van der Waals surface area contributed by atoms with Crippen LogP contribution in [0.2, 0.25) is 0 Å². The zero-order valence-corrected chi connectivity index (χ0v) is 8.68.